The van der Waals surface area contributed by atoms with Crippen LogP contribution in [-0.4, -0.2) is 51.4 Å². The maximum atomic E-state index is 13.6. The molecule has 4 heterocycles. The van der Waals surface area contributed by atoms with Gasteiger partial charge in [-0.15, -0.1) is 11.3 Å². The number of thiophene rings is 1. The summed E-state index contributed by atoms with van der Waals surface area (Å²) in [7, 11) is 0. The van der Waals surface area contributed by atoms with E-state index in [4.69, 9.17) is 9.72 Å². The molecule has 1 amide bonds. The zero-order chi connectivity index (χ0) is 22.0. The van der Waals surface area contributed by atoms with Crippen LogP contribution in [0.25, 0.3) is 10.2 Å². The van der Waals surface area contributed by atoms with Gasteiger partial charge in [-0.1, -0.05) is 31.5 Å². The Morgan fingerprint density at radius 3 is 2.65 bits per heavy atom. The van der Waals surface area contributed by atoms with E-state index in [0.717, 1.165) is 72.5 Å². The fourth-order valence-electron chi connectivity index (χ4n) is 4.66. The minimum atomic E-state index is -0.273. The van der Waals surface area contributed by atoms with E-state index in [1.165, 1.54) is 24.6 Å². The third-order valence-corrected chi connectivity index (χ3v) is 8.51. The molecule has 2 aromatic rings. The highest BCUT2D eigenvalue weighted by Crippen LogP contribution is 2.31. The Balaban J connectivity index is 1.67. The SMILES string of the molecule is CCc1c(C)sc2nc(SC(C)C(=O)N3CCCCCC3)n(CC3CCCO3)c(=O)c12. The van der Waals surface area contributed by atoms with E-state index in [1.807, 2.05) is 11.8 Å². The number of ether oxygens (including phenoxy) is 1. The predicted octanol–water partition coefficient (Wildman–Crippen LogP) is 4.39. The van der Waals surface area contributed by atoms with Gasteiger partial charge >= 0.3 is 0 Å². The number of thioether (sulfide) groups is 1. The number of hydrogen-bond donors (Lipinski definition) is 0. The summed E-state index contributed by atoms with van der Waals surface area (Å²) in [6.45, 7) is 9.02. The molecule has 2 atom stereocenters. The number of rotatable bonds is 6. The summed E-state index contributed by atoms with van der Waals surface area (Å²) >= 11 is 3.01. The van der Waals surface area contributed by atoms with E-state index in [9.17, 15) is 9.59 Å². The number of carbonyl (C=O) groups is 1. The fraction of sp³-hybridized carbons (Fsp3) is 0.696. The van der Waals surface area contributed by atoms with Crippen molar-refractivity contribution in [2.75, 3.05) is 19.7 Å². The standard InChI is InChI=1S/C23H33N3O3S2/c1-4-18-15(2)30-20-19(18)22(28)26(14-17-10-9-13-29-17)23(24-20)31-16(3)21(27)25-11-7-5-6-8-12-25/h16-17H,4-14H2,1-3H3. The quantitative estimate of drug-likeness (QED) is 0.470. The molecule has 2 unspecified atom stereocenters. The first-order valence-electron chi connectivity index (χ1n) is 11.6. The lowest BCUT2D eigenvalue weighted by molar-refractivity contribution is -0.130. The molecular weight excluding hydrogens is 430 g/mol. The summed E-state index contributed by atoms with van der Waals surface area (Å²) in [5.74, 6) is 0.154. The lowest BCUT2D eigenvalue weighted by atomic mass is 10.1. The molecule has 2 saturated heterocycles. The first-order chi connectivity index (χ1) is 15.0. The van der Waals surface area contributed by atoms with Crippen molar-refractivity contribution >= 4 is 39.2 Å². The van der Waals surface area contributed by atoms with Crippen LogP contribution in [0.5, 0.6) is 0 Å². The molecule has 0 radical (unpaired) electrons. The van der Waals surface area contributed by atoms with Crippen molar-refractivity contribution in [2.24, 2.45) is 0 Å². The number of amides is 1. The highest BCUT2D eigenvalue weighted by Gasteiger charge is 2.27. The van der Waals surface area contributed by atoms with Crippen molar-refractivity contribution in [1.82, 2.24) is 14.5 Å². The molecule has 170 valence electrons. The van der Waals surface area contributed by atoms with Crippen molar-refractivity contribution in [2.45, 2.75) is 88.8 Å². The minimum Gasteiger partial charge on any atom is -0.376 e. The fourth-order valence-corrected chi connectivity index (χ4v) is 6.81. The van der Waals surface area contributed by atoms with Crippen LogP contribution >= 0.6 is 23.1 Å². The Hall–Kier alpha value is -1.38. The van der Waals surface area contributed by atoms with Crippen molar-refractivity contribution in [3.63, 3.8) is 0 Å². The van der Waals surface area contributed by atoms with Crippen LogP contribution in [0.2, 0.25) is 0 Å². The maximum absolute atomic E-state index is 13.6. The lowest BCUT2D eigenvalue weighted by Gasteiger charge is -2.24. The maximum Gasteiger partial charge on any atom is 0.263 e. The largest absolute Gasteiger partial charge is 0.376 e. The van der Waals surface area contributed by atoms with Crippen LogP contribution in [0, 0.1) is 6.92 Å². The number of likely N-dealkylation sites (tertiary alicyclic amines) is 1. The van der Waals surface area contributed by atoms with Gasteiger partial charge in [0.2, 0.25) is 5.91 Å². The van der Waals surface area contributed by atoms with Crippen LogP contribution in [0.15, 0.2) is 9.95 Å². The Kier molecular flexibility index (Phi) is 7.39. The molecule has 0 N–H and O–H groups in total. The topological polar surface area (TPSA) is 64.4 Å². The van der Waals surface area contributed by atoms with Gasteiger partial charge < -0.3 is 9.64 Å². The molecule has 2 aromatic heterocycles. The van der Waals surface area contributed by atoms with Crippen LogP contribution in [0.3, 0.4) is 0 Å². The van der Waals surface area contributed by atoms with Crippen LogP contribution in [0.1, 0.15) is 62.8 Å². The van der Waals surface area contributed by atoms with Gasteiger partial charge in [0.05, 0.1) is 23.3 Å². The number of carbonyl (C=O) groups excluding carboxylic acids is 1. The zero-order valence-corrected chi connectivity index (χ0v) is 20.4. The zero-order valence-electron chi connectivity index (χ0n) is 18.8. The van der Waals surface area contributed by atoms with Crippen LogP contribution in [-0.2, 0) is 22.5 Å². The van der Waals surface area contributed by atoms with Gasteiger partial charge in [0, 0.05) is 24.6 Å². The van der Waals surface area contributed by atoms with Crippen molar-refractivity contribution < 1.29 is 9.53 Å². The third-order valence-electron chi connectivity index (χ3n) is 6.39. The summed E-state index contributed by atoms with van der Waals surface area (Å²) in [6.07, 6.45) is 7.39. The van der Waals surface area contributed by atoms with Gasteiger partial charge in [0.1, 0.15) is 4.83 Å². The summed E-state index contributed by atoms with van der Waals surface area (Å²) in [5, 5.41) is 1.12. The minimum absolute atomic E-state index is 0.0126. The number of fused-ring (bicyclic) bond motifs is 1. The van der Waals surface area contributed by atoms with E-state index in [-0.39, 0.29) is 22.8 Å². The molecule has 2 aliphatic rings. The molecule has 2 fully saturated rings. The highest BCUT2D eigenvalue weighted by atomic mass is 32.2. The lowest BCUT2D eigenvalue weighted by Crippen LogP contribution is -2.37. The van der Waals surface area contributed by atoms with Crippen molar-refractivity contribution in [3.05, 3.63) is 20.8 Å². The van der Waals surface area contributed by atoms with Gasteiger partial charge in [-0.25, -0.2) is 4.98 Å². The van der Waals surface area contributed by atoms with Gasteiger partial charge in [-0.3, -0.25) is 14.2 Å². The smallest absolute Gasteiger partial charge is 0.263 e. The summed E-state index contributed by atoms with van der Waals surface area (Å²) in [5.41, 5.74) is 1.11. The molecule has 8 heteroatoms. The Morgan fingerprint density at radius 1 is 1.26 bits per heavy atom. The Morgan fingerprint density at radius 2 is 2.00 bits per heavy atom. The van der Waals surface area contributed by atoms with E-state index >= 15 is 0 Å². The molecule has 0 saturated carbocycles. The summed E-state index contributed by atoms with van der Waals surface area (Å²) in [6, 6.07) is 0. The Labute approximate surface area is 192 Å². The van der Waals surface area contributed by atoms with E-state index in [0.29, 0.717) is 11.7 Å². The number of hydrogen-bond acceptors (Lipinski definition) is 6. The van der Waals surface area contributed by atoms with E-state index in [2.05, 4.69) is 13.8 Å². The second-order valence-electron chi connectivity index (χ2n) is 8.62. The molecule has 6 nitrogen and oxygen atoms in total. The first kappa shape index (κ1) is 22.8. The van der Waals surface area contributed by atoms with E-state index in [1.54, 1.807) is 15.9 Å². The number of aryl methyl sites for hydroxylation is 2. The molecule has 2 aliphatic heterocycles. The molecule has 0 spiro atoms. The number of nitrogens with zero attached hydrogens (tertiary/aromatic N) is 3. The van der Waals surface area contributed by atoms with E-state index < -0.39 is 0 Å². The third kappa shape index (κ3) is 4.86. The molecule has 0 aromatic carbocycles. The Bertz CT molecular complexity index is 986. The average Bonchev–Trinajstić information content (AvgIpc) is 3.28. The van der Waals surface area contributed by atoms with Crippen LogP contribution < -0.4 is 5.56 Å². The van der Waals surface area contributed by atoms with Gasteiger partial charge in [-0.2, -0.15) is 0 Å². The summed E-state index contributed by atoms with van der Waals surface area (Å²) in [4.78, 5) is 35.6. The molecule has 31 heavy (non-hydrogen) atoms. The second-order valence-corrected chi connectivity index (χ2v) is 11.1. The molecular formula is C23H33N3O3S2. The number of aromatic nitrogens is 2. The predicted molar refractivity (Wildman–Crippen MR) is 127 cm³/mol. The van der Waals surface area contributed by atoms with Gasteiger partial charge in [0.15, 0.2) is 5.16 Å². The van der Waals surface area contributed by atoms with Gasteiger partial charge in [-0.05, 0) is 51.5 Å². The first-order valence-corrected chi connectivity index (χ1v) is 13.3. The molecule has 4 rings (SSSR count). The van der Waals surface area contributed by atoms with Crippen LogP contribution in [0.4, 0.5) is 0 Å². The van der Waals surface area contributed by atoms with Gasteiger partial charge in [0.25, 0.3) is 5.56 Å². The monoisotopic (exact) mass is 463 g/mol. The molecule has 0 aliphatic carbocycles. The highest BCUT2D eigenvalue weighted by molar-refractivity contribution is 8.00. The average molecular weight is 464 g/mol. The van der Waals surface area contributed by atoms with Crippen molar-refractivity contribution in [1.29, 1.82) is 0 Å². The van der Waals surface area contributed by atoms with Crippen molar-refractivity contribution in [3.8, 4) is 0 Å². The normalized spacial score (nSPS) is 20.9. The summed E-state index contributed by atoms with van der Waals surface area (Å²) < 4.78 is 7.61. The second kappa shape index (κ2) is 10.0. The molecule has 0 bridgehead atoms.